The number of hydrogen-bond acceptors (Lipinski definition) is 3. The van der Waals surface area contributed by atoms with Crippen LogP contribution in [0.5, 0.6) is 0 Å². The molecule has 1 aromatic heterocycles. The minimum Gasteiger partial charge on any atom is -0.376 e. The van der Waals surface area contributed by atoms with Gasteiger partial charge in [0.05, 0.1) is 11.6 Å². The maximum absolute atomic E-state index is 5.88. The molecule has 16 heavy (non-hydrogen) atoms. The lowest BCUT2D eigenvalue weighted by Crippen LogP contribution is -2.43. The van der Waals surface area contributed by atoms with Gasteiger partial charge in [-0.3, -0.25) is 0 Å². The number of nitrogens with one attached hydrogen (secondary N) is 1. The monoisotopic (exact) mass is 239 g/mol. The normalized spacial score (nSPS) is 21.1. The second-order valence-electron chi connectivity index (χ2n) is 4.48. The van der Waals surface area contributed by atoms with Crippen molar-refractivity contribution in [2.45, 2.75) is 44.2 Å². The molecule has 0 aromatic carbocycles. The lowest BCUT2D eigenvalue weighted by molar-refractivity contribution is -0.0354. The first-order chi connectivity index (χ1) is 7.82. The zero-order chi connectivity index (χ0) is 11.4. The Labute approximate surface area is 102 Å². The van der Waals surface area contributed by atoms with Crippen LogP contribution in [0.4, 0.5) is 0 Å². The van der Waals surface area contributed by atoms with Crippen molar-refractivity contribution >= 4 is 11.3 Å². The topological polar surface area (TPSA) is 21.3 Å². The standard InChI is InChI=1S/C13H21NOS/c1-3-14-12(11-7-6-10-16-11)13(15-2)8-4-5-9-13/h6-7,10,12,14H,3-5,8-9H2,1-2H3. The van der Waals surface area contributed by atoms with Crippen LogP contribution in [0, 0.1) is 0 Å². The fraction of sp³-hybridized carbons (Fsp3) is 0.692. The average molecular weight is 239 g/mol. The Morgan fingerprint density at radius 1 is 1.50 bits per heavy atom. The summed E-state index contributed by atoms with van der Waals surface area (Å²) in [5.41, 5.74) is 0.0286. The van der Waals surface area contributed by atoms with Crippen molar-refractivity contribution in [1.82, 2.24) is 5.32 Å². The van der Waals surface area contributed by atoms with Gasteiger partial charge >= 0.3 is 0 Å². The lowest BCUT2D eigenvalue weighted by atomic mass is 9.90. The molecule has 0 radical (unpaired) electrons. The van der Waals surface area contributed by atoms with E-state index in [9.17, 15) is 0 Å². The number of likely N-dealkylation sites (N-methyl/N-ethyl adjacent to an activating group) is 1. The van der Waals surface area contributed by atoms with Crippen molar-refractivity contribution in [3.05, 3.63) is 22.4 Å². The van der Waals surface area contributed by atoms with Gasteiger partial charge in [-0.1, -0.05) is 25.8 Å². The second kappa shape index (κ2) is 5.30. The van der Waals surface area contributed by atoms with Gasteiger partial charge in [-0.05, 0) is 30.8 Å². The molecule has 2 nitrogen and oxygen atoms in total. The first-order valence-corrected chi connectivity index (χ1v) is 7.02. The van der Waals surface area contributed by atoms with Crippen molar-refractivity contribution in [3.8, 4) is 0 Å². The molecule has 0 spiro atoms. The minimum atomic E-state index is 0.0286. The summed E-state index contributed by atoms with van der Waals surface area (Å²) in [6, 6.07) is 4.71. The molecule has 0 saturated heterocycles. The van der Waals surface area contributed by atoms with Crippen LogP contribution in [0.25, 0.3) is 0 Å². The Morgan fingerprint density at radius 2 is 2.25 bits per heavy atom. The number of hydrogen-bond donors (Lipinski definition) is 1. The van der Waals surface area contributed by atoms with E-state index < -0.39 is 0 Å². The van der Waals surface area contributed by atoms with Gasteiger partial charge in [-0.2, -0.15) is 0 Å². The largest absolute Gasteiger partial charge is 0.376 e. The van der Waals surface area contributed by atoms with Crippen molar-refractivity contribution in [2.75, 3.05) is 13.7 Å². The van der Waals surface area contributed by atoms with E-state index in [4.69, 9.17) is 4.74 Å². The summed E-state index contributed by atoms with van der Waals surface area (Å²) in [6.07, 6.45) is 4.94. The van der Waals surface area contributed by atoms with Crippen molar-refractivity contribution in [1.29, 1.82) is 0 Å². The highest BCUT2D eigenvalue weighted by Crippen LogP contribution is 2.43. The molecule has 0 aliphatic heterocycles. The fourth-order valence-corrected chi connectivity index (χ4v) is 3.70. The third-order valence-electron chi connectivity index (χ3n) is 3.62. The van der Waals surface area contributed by atoms with Crippen LogP contribution in [0.1, 0.15) is 43.5 Å². The SMILES string of the molecule is CCNC(c1cccs1)C1(OC)CCCC1. The van der Waals surface area contributed by atoms with Crippen molar-refractivity contribution in [2.24, 2.45) is 0 Å². The average Bonchev–Trinajstić information content (AvgIpc) is 2.98. The zero-order valence-corrected chi connectivity index (χ0v) is 11.0. The molecule has 1 aliphatic rings. The van der Waals surface area contributed by atoms with Gasteiger partial charge in [0.1, 0.15) is 0 Å². The van der Waals surface area contributed by atoms with E-state index in [0.717, 1.165) is 6.54 Å². The Hall–Kier alpha value is -0.380. The minimum absolute atomic E-state index is 0.0286. The van der Waals surface area contributed by atoms with E-state index in [1.165, 1.54) is 30.6 Å². The summed E-state index contributed by atoms with van der Waals surface area (Å²) in [6.45, 7) is 3.16. The molecule has 1 unspecified atom stereocenters. The molecule has 3 heteroatoms. The van der Waals surface area contributed by atoms with Gasteiger partial charge in [0.25, 0.3) is 0 Å². The van der Waals surface area contributed by atoms with Crippen LogP contribution in [-0.4, -0.2) is 19.3 Å². The van der Waals surface area contributed by atoms with Gasteiger partial charge < -0.3 is 10.1 Å². The van der Waals surface area contributed by atoms with E-state index in [2.05, 4.69) is 29.8 Å². The molecular weight excluding hydrogens is 218 g/mol. The Morgan fingerprint density at radius 3 is 2.75 bits per heavy atom. The molecule has 2 rings (SSSR count). The van der Waals surface area contributed by atoms with Crippen LogP contribution in [0.2, 0.25) is 0 Å². The number of ether oxygens (including phenoxy) is 1. The van der Waals surface area contributed by atoms with E-state index in [1.807, 2.05) is 18.4 Å². The van der Waals surface area contributed by atoms with Gasteiger partial charge in [0, 0.05) is 12.0 Å². The molecule has 0 amide bonds. The summed E-state index contributed by atoms with van der Waals surface area (Å²) in [5, 5.41) is 5.75. The van der Waals surface area contributed by atoms with E-state index >= 15 is 0 Å². The van der Waals surface area contributed by atoms with Crippen LogP contribution in [0.15, 0.2) is 17.5 Å². The van der Waals surface area contributed by atoms with Crippen LogP contribution in [0.3, 0.4) is 0 Å². The van der Waals surface area contributed by atoms with Crippen LogP contribution in [-0.2, 0) is 4.74 Å². The van der Waals surface area contributed by atoms with Gasteiger partial charge in [0.2, 0.25) is 0 Å². The first kappa shape index (κ1) is 12.1. The summed E-state index contributed by atoms with van der Waals surface area (Å²) < 4.78 is 5.88. The maximum Gasteiger partial charge on any atom is 0.0880 e. The molecule has 90 valence electrons. The van der Waals surface area contributed by atoms with Crippen LogP contribution >= 0.6 is 11.3 Å². The summed E-state index contributed by atoms with van der Waals surface area (Å²) in [7, 11) is 1.86. The second-order valence-corrected chi connectivity index (χ2v) is 5.46. The molecular formula is C13H21NOS. The third-order valence-corrected chi connectivity index (χ3v) is 4.56. The highest BCUT2D eigenvalue weighted by molar-refractivity contribution is 7.10. The Bertz CT molecular complexity index is 304. The fourth-order valence-electron chi connectivity index (χ4n) is 2.79. The zero-order valence-electron chi connectivity index (χ0n) is 10.2. The Kier molecular flexibility index (Phi) is 4.00. The highest BCUT2D eigenvalue weighted by atomic mass is 32.1. The van der Waals surface area contributed by atoms with Crippen molar-refractivity contribution < 1.29 is 4.74 Å². The lowest BCUT2D eigenvalue weighted by Gasteiger charge is -2.36. The maximum atomic E-state index is 5.88. The van der Waals surface area contributed by atoms with Gasteiger partial charge in [-0.25, -0.2) is 0 Å². The molecule has 1 aliphatic carbocycles. The summed E-state index contributed by atoms with van der Waals surface area (Å²) >= 11 is 1.83. The third kappa shape index (κ3) is 2.17. The summed E-state index contributed by atoms with van der Waals surface area (Å²) in [5.74, 6) is 0. The van der Waals surface area contributed by atoms with E-state index in [-0.39, 0.29) is 5.60 Å². The molecule has 1 aromatic rings. The number of rotatable bonds is 5. The summed E-state index contributed by atoms with van der Waals surface area (Å²) in [4.78, 5) is 1.41. The predicted octanol–water partition coefficient (Wildman–Crippen LogP) is 3.36. The molecule has 1 fully saturated rings. The van der Waals surface area contributed by atoms with Gasteiger partial charge in [0.15, 0.2) is 0 Å². The van der Waals surface area contributed by atoms with E-state index in [0.29, 0.717) is 6.04 Å². The van der Waals surface area contributed by atoms with Gasteiger partial charge in [-0.15, -0.1) is 11.3 Å². The van der Waals surface area contributed by atoms with E-state index in [1.54, 1.807) is 0 Å². The van der Waals surface area contributed by atoms with Crippen molar-refractivity contribution in [3.63, 3.8) is 0 Å². The van der Waals surface area contributed by atoms with Crippen LogP contribution < -0.4 is 5.32 Å². The Balaban J connectivity index is 2.23. The molecule has 1 N–H and O–H groups in total. The molecule has 0 bridgehead atoms. The predicted molar refractivity (Wildman–Crippen MR) is 68.9 cm³/mol. The first-order valence-electron chi connectivity index (χ1n) is 6.14. The number of thiophene rings is 1. The molecule has 1 heterocycles. The molecule has 1 saturated carbocycles. The highest BCUT2D eigenvalue weighted by Gasteiger charge is 2.42. The molecule has 1 atom stereocenters. The quantitative estimate of drug-likeness (QED) is 0.850. The number of methoxy groups -OCH3 is 1. The smallest absolute Gasteiger partial charge is 0.0880 e.